The first-order valence-electron chi connectivity index (χ1n) is 7.63. The minimum atomic E-state index is 0.292. The first-order valence-corrected chi connectivity index (χ1v) is 7.63. The fourth-order valence-corrected chi connectivity index (χ4v) is 1.98. The highest BCUT2D eigenvalue weighted by Gasteiger charge is 2.15. The van der Waals surface area contributed by atoms with E-state index in [1.165, 1.54) is 25.7 Å². The molecule has 0 saturated heterocycles. The molecule has 108 valence electrons. The van der Waals surface area contributed by atoms with Gasteiger partial charge in [0.15, 0.2) is 0 Å². The predicted octanol–water partition coefficient (Wildman–Crippen LogP) is 3.18. The Hall–Kier alpha value is -0.570. The van der Waals surface area contributed by atoms with Gasteiger partial charge < -0.3 is 10.6 Å². The van der Waals surface area contributed by atoms with Gasteiger partial charge in [-0.3, -0.25) is 4.79 Å². The maximum atomic E-state index is 12.2. The van der Waals surface area contributed by atoms with Crippen LogP contribution in [0.15, 0.2) is 0 Å². The molecule has 0 aromatic heterocycles. The lowest BCUT2D eigenvalue weighted by atomic mass is 10.1. The van der Waals surface area contributed by atoms with Crippen molar-refractivity contribution in [1.29, 1.82) is 0 Å². The van der Waals surface area contributed by atoms with E-state index in [0.29, 0.717) is 24.8 Å². The molecule has 3 heteroatoms. The summed E-state index contributed by atoms with van der Waals surface area (Å²) >= 11 is 0. The molecule has 0 rings (SSSR count). The molecule has 0 fully saturated rings. The van der Waals surface area contributed by atoms with E-state index in [0.717, 1.165) is 25.9 Å². The molecular weight excluding hydrogens is 224 g/mol. The average molecular weight is 256 g/mol. The van der Waals surface area contributed by atoms with Gasteiger partial charge in [-0.05, 0) is 25.3 Å². The number of amides is 1. The monoisotopic (exact) mass is 256 g/mol. The Balaban J connectivity index is 4.11. The van der Waals surface area contributed by atoms with E-state index in [1.54, 1.807) is 0 Å². The second kappa shape index (κ2) is 11.5. The van der Waals surface area contributed by atoms with Crippen molar-refractivity contribution in [2.24, 2.45) is 11.7 Å². The molecule has 0 aromatic rings. The fourth-order valence-electron chi connectivity index (χ4n) is 1.98. The molecule has 1 unspecified atom stereocenters. The largest absolute Gasteiger partial charge is 0.343 e. The van der Waals surface area contributed by atoms with Crippen LogP contribution in [0.25, 0.3) is 0 Å². The van der Waals surface area contributed by atoms with Crippen molar-refractivity contribution >= 4 is 5.91 Å². The summed E-state index contributed by atoms with van der Waals surface area (Å²) in [7, 11) is 0. The lowest BCUT2D eigenvalue weighted by Crippen LogP contribution is -2.34. The number of rotatable bonds is 11. The van der Waals surface area contributed by atoms with Crippen molar-refractivity contribution < 1.29 is 4.79 Å². The minimum Gasteiger partial charge on any atom is -0.343 e. The molecule has 0 aliphatic heterocycles. The molecule has 0 bridgehead atoms. The van der Waals surface area contributed by atoms with E-state index >= 15 is 0 Å². The average Bonchev–Trinajstić information content (AvgIpc) is 2.37. The van der Waals surface area contributed by atoms with Crippen LogP contribution in [0, 0.1) is 5.92 Å². The molecular formula is C15H32N2O. The number of hydrogen-bond acceptors (Lipinski definition) is 2. The maximum absolute atomic E-state index is 12.2. The molecule has 3 nitrogen and oxygen atoms in total. The van der Waals surface area contributed by atoms with Crippen LogP contribution in [0.5, 0.6) is 0 Å². The van der Waals surface area contributed by atoms with Crippen LogP contribution in [0.4, 0.5) is 0 Å². The van der Waals surface area contributed by atoms with Crippen molar-refractivity contribution in [2.45, 2.75) is 65.7 Å². The van der Waals surface area contributed by atoms with Gasteiger partial charge in [-0.1, -0.05) is 46.5 Å². The van der Waals surface area contributed by atoms with Gasteiger partial charge in [0, 0.05) is 19.5 Å². The molecule has 2 N–H and O–H groups in total. The van der Waals surface area contributed by atoms with E-state index in [2.05, 4.69) is 18.7 Å². The van der Waals surface area contributed by atoms with E-state index in [4.69, 9.17) is 5.73 Å². The lowest BCUT2D eigenvalue weighted by Gasteiger charge is -2.24. The second-order valence-electron chi connectivity index (χ2n) is 5.34. The molecule has 0 spiro atoms. The summed E-state index contributed by atoms with van der Waals surface area (Å²) in [5.74, 6) is 0.595. The predicted molar refractivity (Wildman–Crippen MR) is 78.5 cm³/mol. The van der Waals surface area contributed by atoms with E-state index in [-0.39, 0.29) is 0 Å². The quantitative estimate of drug-likeness (QED) is 0.577. The summed E-state index contributed by atoms with van der Waals surface area (Å²) in [4.78, 5) is 14.2. The lowest BCUT2D eigenvalue weighted by molar-refractivity contribution is -0.132. The fraction of sp³-hybridized carbons (Fsp3) is 0.933. The van der Waals surface area contributed by atoms with Gasteiger partial charge in [-0.25, -0.2) is 0 Å². The van der Waals surface area contributed by atoms with Gasteiger partial charge in [-0.15, -0.1) is 0 Å². The normalized spacial score (nSPS) is 12.4. The number of unbranched alkanes of at least 4 members (excludes halogenated alkanes) is 4. The molecule has 0 aromatic carbocycles. The van der Waals surface area contributed by atoms with Crippen molar-refractivity contribution in [3.8, 4) is 0 Å². The van der Waals surface area contributed by atoms with Crippen molar-refractivity contribution in [3.05, 3.63) is 0 Å². The number of carbonyl (C=O) groups is 1. The second-order valence-corrected chi connectivity index (χ2v) is 5.34. The van der Waals surface area contributed by atoms with Crippen LogP contribution in [0.2, 0.25) is 0 Å². The molecule has 1 atom stereocenters. The molecule has 0 heterocycles. The number of nitrogens with two attached hydrogens (primary N) is 1. The smallest absolute Gasteiger partial charge is 0.222 e. The van der Waals surface area contributed by atoms with Gasteiger partial charge >= 0.3 is 0 Å². The third-order valence-electron chi connectivity index (χ3n) is 3.34. The van der Waals surface area contributed by atoms with Gasteiger partial charge in [0.05, 0.1) is 0 Å². The van der Waals surface area contributed by atoms with Gasteiger partial charge in [0.1, 0.15) is 0 Å². The van der Waals surface area contributed by atoms with E-state index in [1.807, 2.05) is 6.92 Å². The first-order chi connectivity index (χ1) is 8.65. The van der Waals surface area contributed by atoms with Gasteiger partial charge in [0.2, 0.25) is 5.91 Å². The Kier molecular flexibility index (Phi) is 11.2. The molecule has 0 aliphatic carbocycles. The van der Waals surface area contributed by atoms with Gasteiger partial charge in [0.25, 0.3) is 0 Å². The summed E-state index contributed by atoms with van der Waals surface area (Å²) in [6, 6.07) is 0. The van der Waals surface area contributed by atoms with Crippen LogP contribution in [0.3, 0.4) is 0 Å². The van der Waals surface area contributed by atoms with Gasteiger partial charge in [-0.2, -0.15) is 0 Å². The standard InChI is InChI=1S/C15H32N2O/c1-4-6-8-10-17(11-9-7-5-2)15(18)12-14(3)13-16/h14H,4-13,16H2,1-3H3. The first kappa shape index (κ1) is 17.4. The summed E-state index contributed by atoms with van der Waals surface area (Å²) in [6.45, 7) is 8.89. The molecule has 0 aliphatic rings. The Morgan fingerprint density at radius 1 is 1.06 bits per heavy atom. The third-order valence-corrected chi connectivity index (χ3v) is 3.34. The zero-order chi connectivity index (χ0) is 13.8. The number of hydrogen-bond donors (Lipinski definition) is 1. The molecule has 18 heavy (non-hydrogen) atoms. The Labute approximate surface area is 113 Å². The zero-order valence-electron chi connectivity index (χ0n) is 12.6. The Morgan fingerprint density at radius 2 is 1.56 bits per heavy atom. The van der Waals surface area contributed by atoms with Crippen LogP contribution in [-0.4, -0.2) is 30.4 Å². The molecule has 1 amide bonds. The van der Waals surface area contributed by atoms with Crippen LogP contribution >= 0.6 is 0 Å². The highest BCUT2D eigenvalue weighted by molar-refractivity contribution is 5.76. The number of carbonyl (C=O) groups excluding carboxylic acids is 1. The highest BCUT2D eigenvalue weighted by Crippen LogP contribution is 2.08. The minimum absolute atomic E-state index is 0.292. The summed E-state index contributed by atoms with van der Waals surface area (Å²) < 4.78 is 0. The summed E-state index contributed by atoms with van der Waals surface area (Å²) in [5.41, 5.74) is 5.59. The van der Waals surface area contributed by atoms with Crippen molar-refractivity contribution in [1.82, 2.24) is 4.90 Å². The van der Waals surface area contributed by atoms with E-state index < -0.39 is 0 Å². The highest BCUT2D eigenvalue weighted by atomic mass is 16.2. The Morgan fingerprint density at radius 3 is 1.94 bits per heavy atom. The van der Waals surface area contributed by atoms with Crippen molar-refractivity contribution in [2.75, 3.05) is 19.6 Å². The third kappa shape index (κ3) is 8.51. The molecule has 0 radical (unpaired) electrons. The summed E-state index contributed by atoms with van der Waals surface area (Å²) in [5, 5.41) is 0. The van der Waals surface area contributed by atoms with Crippen LogP contribution < -0.4 is 5.73 Å². The van der Waals surface area contributed by atoms with E-state index in [9.17, 15) is 4.79 Å². The van der Waals surface area contributed by atoms with Crippen molar-refractivity contribution in [3.63, 3.8) is 0 Å². The van der Waals surface area contributed by atoms with Crippen LogP contribution in [0.1, 0.15) is 65.7 Å². The SMILES string of the molecule is CCCCCN(CCCCC)C(=O)CC(C)CN. The molecule has 0 saturated carbocycles. The summed E-state index contributed by atoms with van der Waals surface area (Å²) in [6.07, 6.45) is 7.70. The zero-order valence-corrected chi connectivity index (χ0v) is 12.6. The maximum Gasteiger partial charge on any atom is 0.222 e. The Bertz CT molecular complexity index is 197. The topological polar surface area (TPSA) is 46.3 Å². The van der Waals surface area contributed by atoms with Crippen LogP contribution in [-0.2, 0) is 4.79 Å². The number of nitrogens with zero attached hydrogens (tertiary/aromatic N) is 1.